The van der Waals surface area contributed by atoms with Gasteiger partial charge in [0.05, 0.1) is 6.10 Å². The predicted molar refractivity (Wildman–Crippen MR) is 64.2 cm³/mol. The molecule has 0 fully saturated rings. The summed E-state index contributed by atoms with van der Waals surface area (Å²) < 4.78 is 1.87. The first kappa shape index (κ1) is 13.2. The monoisotopic (exact) mass is 225 g/mol. The maximum Gasteiger partial charge on any atom is 0.138 e. The summed E-state index contributed by atoms with van der Waals surface area (Å²) >= 11 is 0. The summed E-state index contributed by atoms with van der Waals surface area (Å²) in [5.74, 6) is 1.52. The second-order valence-electron chi connectivity index (χ2n) is 5.04. The molecule has 0 aliphatic rings. The van der Waals surface area contributed by atoms with E-state index in [0.717, 1.165) is 18.7 Å². The summed E-state index contributed by atoms with van der Waals surface area (Å²) in [4.78, 5) is 4.20. The van der Waals surface area contributed by atoms with Gasteiger partial charge >= 0.3 is 0 Å². The molecule has 0 saturated carbocycles. The average molecular weight is 225 g/mol. The molecule has 0 amide bonds. The molecule has 0 saturated heterocycles. The molecule has 4 nitrogen and oxygen atoms in total. The SMILES string of the molecule is CC(C)CCC(O)Cc1ncnn1C(C)C. The molecule has 1 aromatic heterocycles. The van der Waals surface area contributed by atoms with Crippen molar-refractivity contribution in [1.82, 2.24) is 14.8 Å². The molecule has 0 aromatic carbocycles. The van der Waals surface area contributed by atoms with Crippen LogP contribution in [0.25, 0.3) is 0 Å². The minimum absolute atomic E-state index is 0.301. The van der Waals surface area contributed by atoms with Gasteiger partial charge in [0.15, 0.2) is 0 Å². The van der Waals surface area contributed by atoms with Crippen LogP contribution in [0.3, 0.4) is 0 Å². The Kier molecular flexibility index (Phi) is 4.93. The van der Waals surface area contributed by atoms with Crippen LogP contribution < -0.4 is 0 Å². The average Bonchev–Trinajstić information content (AvgIpc) is 2.62. The summed E-state index contributed by atoms with van der Waals surface area (Å²) in [6.07, 6.45) is 3.75. The molecule has 1 heterocycles. The Labute approximate surface area is 97.7 Å². The van der Waals surface area contributed by atoms with E-state index in [2.05, 4.69) is 37.8 Å². The number of nitrogens with zero attached hydrogens (tertiary/aromatic N) is 3. The number of hydrogen-bond donors (Lipinski definition) is 1. The molecular weight excluding hydrogens is 202 g/mol. The zero-order valence-corrected chi connectivity index (χ0v) is 10.7. The highest BCUT2D eigenvalue weighted by atomic mass is 16.3. The second-order valence-corrected chi connectivity index (χ2v) is 5.04. The van der Waals surface area contributed by atoms with Gasteiger partial charge in [0.25, 0.3) is 0 Å². The first-order valence-electron chi connectivity index (χ1n) is 6.07. The van der Waals surface area contributed by atoms with Gasteiger partial charge < -0.3 is 5.11 Å². The lowest BCUT2D eigenvalue weighted by molar-refractivity contribution is 0.152. The van der Waals surface area contributed by atoms with Gasteiger partial charge in [-0.3, -0.25) is 0 Å². The van der Waals surface area contributed by atoms with Gasteiger partial charge in [-0.25, -0.2) is 9.67 Å². The van der Waals surface area contributed by atoms with E-state index in [4.69, 9.17) is 0 Å². The van der Waals surface area contributed by atoms with Crippen LogP contribution in [0.1, 0.15) is 52.4 Å². The highest BCUT2D eigenvalue weighted by Crippen LogP contribution is 2.12. The molecule has 0 bridgehead atoms. The van der Waals surface area contributed by atoms with E-state index >= 15 is 0 Å². The normalized spacial score (nSPS) is 13.7. The van der Waals surface area contributed by atoms with Crippen molar-refractivity contribution >= 4 is 0 Å². The van der Waals surface area contributed by atoms with Gasteiger partial charge in [-0.15, -0.1) is 0 Å². The van der Waals surface area contributed by atoms with E-state index < -0.39 is 0 Å². The van der Waals surface area contributed by atoms with Crippen molar-refractivity contribution < 1.29 is 5.11 Å². The fraction of sp³-hybridized carbons (Fsp3) is 0.833. The maximum atomic E-state index is 9.89. The van der Waals surface area contributed by atoms with Gasteiger partial charge in [-0.2, -0.15) is 5.10 Å². The van der Waals surface area contributed by atoms with E-state index in [1.54, 1.807) is 6.33 Å². The minimum Gasteiger partial charge on any atom is -0.393 e. The van der Waals surface area contributed by atoms with Crippen LogP contribution in [-0.2, 0) is 6.42 Å². The fourth-order valence-corrected chi connectivity index (χ4v) is 1.69. The van der Waals surface area contributed by atoms with Crippen molar-refractivity contribution in [1.29, 1.82) is 0 Å². The molecule has 1 atom stereocenters. The molecule has 92 valence electrons. The predicted octanol–water partition coefficient (Wildman–Crippen LogP) is 2.20. The molecule has 1 aromatic rings. The molecular formula is C12H23N3O. The standard InChI is InChI=1S/C12H23N3O/c1-9(2)5-6-11(16)7-12-13-8-14-15(12)10(3)4/h8-11,16H,5-7H2,1-4H3. The van der Waals surface area contributed by atoms with Crippen molar-refractivity contribution in [2.24, 2.45) is 5.92 Å². The third kappa shape index (κ3) is 3.93. The van der Waals surface area contributed by atoms with Gasteiger partial charge in [-0.1, -0.05) is 13.8 Å². The van der Waals surface area contributed by atoms with Gasteiger partial charge in [0.2, 0.25) is 0 Å². The zero-order valence-electron chi connectivity index (χ0n) is 10.7. The Balaban J connectivity index is 2.49. The first-order valence-corrected chi connectivity index (χ1v) is 6.07. The molecule has 1 unspecified atom stereocenters. The number of aromatic nitrogens is 3. The van der Waals surface area contributed by atoms with E-state index in [9.17, 15) is 5.11 Å². The summed E-state index contributed by atoms with van der Waals surface area (Å²) in [5, 5.41) is 14.1. The van der Waals surface area contributed by atoms with Crippen molar-refractivity contribution in [2.45, 2.75) is 59.1 Å². The summed E-state index contributed by atoms with van der Waals surface area (Å²) in [6, 6.07) is 0.301. The molecule has 16 heavy (non-hydrogen) atoms. The lowest BCUT2D eigenvalue weighted by Gasteiger charge is -2.14. The Hall–Kier alpha value is -0.900. The third-order valence-electron chi connectivity index (χ3n) is 2.63. The van der Waals surface area contributed by atoms with Crippen LogP contribution >= 0.6 is 0 Å². The van der Waals surface area contributed by atoms with Gasteiger partial charge in [-0.05, 0) is 32.6 Å². The van der Waals surface area contributed by atoms with Crippen LogP contribution in [0.5, 0.6) is 0 Å². The van der Waals surface area contributed by atoms with E-state index in [1.807, 2.05) is 4.68 Å². The smallest absolute Gasteiger partial charge is 0.138 e. The summed E-state index contributed by atoms with van der Waals surface area (Å²) in [5.41, 5.74) is 0. The Bertz CT molecular complexity index is 307. The van der Waals surface area contributed by atoms with Crippen LogP contribution in [0.4, 0.5) is 0 Å². The first-order chi connectivity index (χ1) is 7.50. The van der Waals surface area contributed by atoms with Crippen LogP contribution in [0.2, 0.25) is 0 Å². The van der Waals surface area contributed by atoms with E-state index in [0.29, 0.717) is 18.4 Å². The highest BCUT2D eigenvalue weighted by Gasteiger charge is 2.13. The zero-order chi connectivity index (χ0) is 12.1. The topological polar surface area (TPSA) is 50.9 Å². The molecule has 0 aliphatic heterocycles. The number of aliphatic hydroxyl groups excluding tert-OH is 1. The maximum absolute atomic E-state index is 9.89. The molecule has 0 aliphatic carbocycles. The van der Waals surface area contributed by atoms with Crippen molar-refractivity contribution in [3.63, 3.8) is 0 Å². The summed E-state index contributed by atoms with van der Waals surface area (Å²) in [7, 11) is 0. The molecule has 4 heteroatoms. The highest BCUT2D eigenvalue weighted by molar-refractivity contribution is 4.89. The van der Waals surface area contributed by atoms with Gasteiger partial charge in [0, 0.05) is 12.5 Å². The van der Waals surface area contributed by atoms with Crippen LogP contribution in [0, 0.1) is 5.92 Å². The van der Waals surface area contributed by atoms with E-state index in [-0.39, 0.29) is 6.10 Å². The fourth-order valence-electron chi connectivity index (χ4n) is 1.69. The molecule has 1 N–H and O–H groups in total. The molecule has 0 spiro atoms. The van der Waals surface area contributed by atoms with Crippen molar-refractivity contribution in [2.75, 3.05) is 0 Å². The number of aliphatic hydroxyl groups is 1. The Morgan fingerprint density at radius 1 is 1.25 bits per heavy atom. The lowest BCUT2D eigenvalue weighted by Crippen LogP contribution is -2.17. The molecule has 0 radical (unpaired) electrons. The minimum atomic E-state index is -0.302. The van der Waals surface area contributed by atoms with Gasteiger partial charge in [0.1, 0.15) is 12.2 Å². The second kappa shape index (κ2) is 5.99. The largest absolute Gasteiger partial charge is 0.393 e. The van der Waals surface area contributed by atoms with E-state index in [1.165, 1.54) is 0 Å². The van der Waals surface area contributed by atoms with Crippen molar-refractivity contribution in [3.8, 4) is 0 Å². The summed E-state index contributed by atoms with van der Waals surface area (Å²) in [6.45, 7) is 8.48. The molecule has 1 rings (SSSR count). The van der Waals surface area contributed by atoms with Crippen LogP contribution in [0.15, 0.2) is 6.33 Å². The number of hydrogen-bond acceptors (Lipinski definition) is 3. The quantitative estimate of drug-likeness (QED) is 0.807. The Morgan fingerprint density at radius 2 is 1.94 bits per heavy atom. The van der Waals surface area contributed by atoms with Crippen molar-refractivity contribution in [3.05, 3.63) is 12.2 Å². The lowest BCUT2D eigenvalue weighted by atomic mass is 10.0. The Morgan fingerprint density at radius 3 is 2.50 bits per heavy atom. The van der Waals surface area contributed by atoms with Crippen LogP contribution in [-0.4, -0.2) is 26.0 Å². The third-order valence-corrected chi connectivity index (χ3v) is 2.63. The number of rotatable bonds is 6.